The van der Waals surface area contributed by atoms with Gasteiger partial charge in [0.15, 0.2) is 6.61 Å². The van der Waals surface area contributed by atoms with Crippen LogP contribution < -0.4 is 10.1 Å². The van der Waals surface area contributed by atoms with E-state index in [0.29, 0.717) is 10.5 Å². The Kier molecular flexibility index (Phi) is 6.92. The van der Waals surface area contributed by atoms with Gasteiger partial charge in [0.2, 0.25) is 0 Å². The van der Waals surface area contributed by atoms with Gasteiger partial charge in [0.1, 0.15) is 5.75 Å². The van der Waals surface area contributed by atoms with E-state index in [4.69, 9.17) is 4.74 Å². The van der Waals surface area contributed by atoms with Gasteiger partial charge < -0.3 is 10.1 Å². The quantitative estimate of drug-likeness (QED) is 0.662. The first-order chi connectivity index (χ1) is 12.7. The van der Waals surface area contributed by atoms with E-state index in [2.05, 4.69) is 43.4 Å². The molecule has 0 unspecified atom stereocenters. The summed E-state index contributed by atoms with van der Waals surface area (Å²) >= 11 is 3.97. The lowest BCUT2D eigenvalue weighted by atomic mass is 9.99. The van der Waals surface area contributed by atoms with Crippen molar-refractivity contribution in [1.82, 2.24) is 0 Å². The number of amides is 1. The SMILES string of the molecule is CC[C@H](C)c1ccc(NC(=O)COc2ccc(C3SCCS3)cc2)cc1. The number of hydrogen-bond donors (Lipinski definition) is 1. The van der Waals surface area contributed by atoms with Crippen LogP contribution in [0, 0.1) is 0 Å². The summed E-state index contributed by atoms with van der Waals surface area (Å²) in [6.45, 7) is 4.39. The van der Waals surface area contributed by atoms with Crippen LogP contribution in [0.1, 0.15) is 41.9 Å². The summed E-state index contributed by atoms with van der Waals surface area (Å²) in [6, 6.07) is 16.1. The zero-order valence-corrected chi connectivity index (χ0v) is 16.9. The van der Waals surface area contributed by atoms with Gasteiger partial charge in [0.05, 0.1) is 4.58 Å². The average molecular weight is 388 g/mol. The number of carbonyl (C=O) groups is 1. The van der Waals surface area contributed by atoms with Crippen molar-refractivity contribution in [2.45, 2.75) is 30.8 Å². The fourth-order valence-corrected chi connectivity index (χ4v) is 5.61. The first-order valence-corrected chi connectivity index (χ1v) is 11.1. The molecule has 1 N–H and O–H groups in total. The molecule has 1 fully saturated rings. The minimum absolute atomic E-state index is 0.0133. The van der Waals surface area contributed by atoms with E-state index in [1.54, 1.807) is 0 Å². The molecule has 0 saturated carbocycles. The number of hydrogen-bond acceptors (Lipinski definition) is 4. The van der Waals surface area contributed by atoms with E-state index < -0.39 is 0 Å². The highest BCUT2D eigenvalue weighted by Crippen LogP contribution is 2.45. The normalized spacial score (nSPS) is 15.6. The molecule has 2 aromatic rings. The molecule has 1 amide bonds. The maximum atomic E-state index is 12.1. The van der Waals surface area contributed by atoms with Crippen LogP contribution in [0.2, 0.25) is 0 Å². The lowest BCUT2D eigenvalue weighted by Gasteiger charge is -2.12. The third kappa shape index (κ3) is 5.21. The van der Waals surface area contributed by atoms with Crippen LogP contribution in [0.5, 0.6) is 5.75 Å². The van der Waals surface area contributed by atoms with Crippen molar-refractivity contribution in [2.75, 3.05) is 23.4 Å². The topological polar surface area (TPSA) is 38.3 Å². The largest absolute Gasteiger partial charge is 0.484 e. The van der Waals surface area contributed by atoms with Crippen molar-refractivity contribution in [3.8, 4) is 5.75 Å². The Bertz CT molecular complexity index is 710. The van der Waals surface area contributed by atoms with Crippen molar-refractivity contribution < 1.29 is 9.53 Å². The molecule has 3 nitrogen and oxygen atoms in total. The lowest BCUT2D eigenvalue weighted by Crippen LogP contribution is -2.20. The second kappa shape index (κ2) is 9.38. The van der Waals surface area contributed by atoms with Crippen LogP contribution in [-0.4, -0.2) is 24.0 Å². The average Bonchev–Trinajstić information content (AvgIpc) is 3.21. The highest BCUT2D eigenvalue weighted by Gasteiger charge is 2.18. The molecular formula is C21H25NO2S2. The number of thioether (sulfide) groups is 2. The van der Waals surface area contributed by atoms with Crippen molar-refractivity contribution in [3.05, 3.63) is 59.7 Å². The molecule has 5 heteroatoms. The fourth-order valence-electron chi connectivity index (χ4n) is 2.75. The Morgan fingerprint density at radius 1 is 1.12 bits per heavy atom. The molecule has 1 saturated heterocycles. The predicted molar refractivity (Wildman–Crippen MR) is 113 cm³/mol. The molecule has 0 aromatic heterocycles. The molecule has 1 aliphatic heterocycles. The molecule has 1 aliphatic rings. The van der Waals surface area contributed by atoms with Gasteiger partial charge in [-0.1, -0.05) is 38.1 Å². The molecule has 0 spiro atoms. The van der Waals surface area contributed by atoms with Gasteiger partial charge in [-0.2, -0.15) is 0 Å². The third-order valence-corrected chi connectivity index (χ3v) is 7.62. The Balaban J connectivity index is 1.47. The van der Waals surface area contributed by atoms with E-state index in [1.807, 2.05) is 47.8 Å². The van der Waals surface area contributed by atoms with E-state index >= 15 is 0 Å². The standard InChI is InChI=1S/C21H25NO2S2/c1-3-15(2)16-4-8-18(9-5-16)22-20(23)14-24-19-10-6-17(7-11-19)21-25-12-13-26-21/h4-11,15,21H,3,12-14H2,1-2H3,(H,22,23)/t15-/m0/s1. The molecule has 26 heavy (non-hydrogen) atoms. The molecular weight excluding hydrogens is 362 g/mol. The Morgan fingerprint density at radius 2 is 1.77 bits per heavy atom. The van der Waals surface area contributed by atoms with Crippen LogP contribution in [0.15, 0.2) is 48.5 Å². The second-order valence-corrected chi connectivity index (χ2v) is 9.14. The van der Waals surface area contributed by atoms with Gasteiger partial charge in [-0.05, 0) is 47.7 Å². The minimum Gasteiger partial charge on any atom is -0.484 e. The highest BCUT2D eigenvalue weighted by molar-refractivity contribution is 8.19. The van der Waals surface area contributed by atoms with E-state index in [1.165, 1.54) is 22.6 Å². The van der Waals surface area contributed by atoms with Crippen LogP contribution in [-0.2, 0) is 4.79 Å². The highest BCUT2D eigenvalue weighted by atomic mass is 32.2. The van der Waals surface area contributed by atoms with Gasteiger partial charge in [0, 0.05) is 17.2 Å². The number of benzene rings is 2. The zero-order chi connectivity index (χ0) is 18.4. The van der Waals surface area contributed by atoms with Crippen LogP contribution in [0.4, 0.5) is 5.69 Å². The minimum atomic E-state index is -0.146. The Hall–Kier alpha value is -1.59. The Labute approximate surface area is 164 Å². The molecule has 138 valence electrons. The molecule has 0 aliphatic carbocycles. The number of carbonyl (C=O) groups excluding carboxylic acids is 1. The van der Waals surface area contributed by atoms with Gasteiger partial charge in [0.25, 0.3) is 5.91 Å². The van der Waals surface area contributed by atoms with E-state index in [9.17, 15) is 4.79 Å². The van der Waals surface area contributed by atoms with Crippen molar-refractivity contribution >= 4 is 35.1 Å². The summed E-state index contributed by atoms with van der Waals surface area (Å²) in [5.41, 5.74) is 3.41. The molecule has 1 heterocycles. The van der Waals surface area contributed by atoms with Crippen LogP contribution >= 0.6 is 23.5 Å². The number of anilines is 1. The smallest absolute Gasteiger partial charge is 0.262 e. The lowest BCUT2D eigenvalue weighted by molar-refractivity contribution is -0.118. The molecule has 0 radical (unpaired) electrons. The first-order valence-electron chi connectivity index (χ1n) is 9.01. The summed E-state index contributed by atoms with van der Waals surface area (Å²) in [4.78, 5) is 12.1. The summed E-state index contributed by atoms with van der Waals surface area (Å²) in [6.07, 6.45) is 1.11. The number of ether oxygens (including phenoxy) is 1. The third-order valence-electron chi connectivity index (χ3n) is 4.52. The first kappa shape index (κ1) is 19.2. The zero-order valence-electron chi connectivity index (χ0n) is 15.2. The fraction of sp³-hybridized carbons (Fsp3) is 0.381. The summed E-state index contributed by atoms with van der Waals surface area (Å²) < 4.78 is 6.14. The van der Waals surface area contributed by atoms with E-state index in [-0.39, 0.29) is 12.5 Å². The number of rotatable bonds is 7. The maximum Gasteiger partial charge on any atom is 0.262 e. The molecule has 3 rings (SSSR count). The van der Waals surface area contributed by atoms with Crippen LogP contribution in [0.3, 0.4) is 0 Å². The second-order valence-electron chi connectivity index (χ2n) is 6.41. The maximum absolute atomic E-state index is 12.1. The summed E-state index contributed by atoms with van der Waals surface area (Å²) in [5, 5.41) is 2.88. The Morgan fingerprint density at radius 3 is 2.38 bits per heavy atom. The van der Waals surface area contributed by atoms with Crippen LogP contribution in [0.25, 0.3) is 0 Å². The monoisotopic (exact) mass is 387 g/mol. The van der Waals surface area contributed by atoms with E-state index in [0.717, 1.165) is 17.9 Å². The molecule has 2 aromatic carbocycles. The predicted octanol–water partition coefficient (Wildman–Crippen LogP) is 5.70. The van der Waals surface area contributed by atoms with Gasteiger partial charge in [-0.15, -0.1) is 23.5 Å². The van der Waals surface area contributed by atoms with Crippen molar-refractivity contribution in [3.63, 3.8) is 0 Å². The summed E-state index contributed by atoms with van der Waals surface area (Å²) in [5.74, 6) is 3.54. The number of nitrogens with one attached hydrogen (secondary N) is 1. The molecule has 1 atom stereocenters. The van der Waals surface area contributed by atoms with Gasteiger partial charge in [-0.25, -0.2) is 0 Å². The molecule has 0 bridgehead atoms. The summed E-state index contributed by atoms with van der Waals surface area (Å²) in [7, 11) is 0. The van der Waals surface area contributed by atoms with Crippen molar-refractivity contribution in [1.29, 1.82) is 0 Å². The van der Waals surface area contributed by atoms with Gasteiger partial charge in [-0.3, -0.25) is 4.79 Å². The van der Waals surface area contributed by atoms with Crippen molar-refractivity contribution in [2.24, 2.45) is 0 Å². The van der Waals surface area contributed by atoms with Gasteiger partial charge >= 0.3 is 0 Å².